The first-order chi connectivity index (χ1) is 11.9. The van der Waals surface area contributed by atoms with E-state index in [1.165, 1.54) is 0 Å². The standard InChI is InChI=1S/C20H24N4O/c1-20(2,3)23-13-10-17(14-23)19(25)22-18(15-24-12-7-11-21-24)16-8-5-4-6-9-16/h4-14,18H,15H2,1-3H3,(H,22,25)/t18-/m0/s1. The third kappa shape index (κ3) is 4.18. The number of rotatable bonds is 5. The zero-order valence-corrected chi connectivity index (χ0v) is 14.9. The lowest BCUT2D eigenvalue weighted by atomic mass is 10.1. The summed E-state index contributed by atoms with van der Waals surface area (Å²) in [5.41, 5.74) is 1.67. The number of amides is 1. The molecule has 2 heterocycles. The summed E-state index contributed by atoms with van der Waals surface area (Å²) in [6, 6.07) is 13.6. The minimum absolute atomic E-state index is 0.0492. The molecule has 0 fully saturated rings. The van der Waals surface area contributed by atoms with E-state index < -0.39 is 0 Å². The van der Waals surface area contributed by atoms with Crippen LogP contribution in [0.4, 0.5) is 0 Å². The van der Waals surface area contributed by atoms with E-state index in [1.807, 2.05) is 70.3 Å². The average molecular weight is 336 g/mol. The molecule has 0 aliphatic rings. The van der Waals surface area contributed by atoms with Crippen LogP contribution in [0.3, 0.4) is 0 Å². The van der Waals surface area contributed by atoms with Crippen molar-refractivity contribution in [3.63, 3.8) is 0 Å². The van der Waals surface area contributed by atoms with Gasteiger partial charge in [0, 0.05) is 30.3 Å². The second-order valence-electron chi connectivity index (χ2n) is 7.14. The Kier molecular flexibility index (Phi) is 4.74. The van der Waals surface area contributed by atoms with Crippen LogP contribution in [0.5, 0.6) is 0 Å². The predicted molar refractivity (Wildman–Crippen MR) is 98.3 cm³/mol. The van der Waals surface area contributed by atoms with Crippen LogP contribution in [0.1, 0.15) is 42.7 Å². The van der Waals surface area contributed by atoms with Crippen LogP contribution in [0.15, 0.2) is 67.3 Å². The summed E-state index contributed by atoms with van der Waals surface area (Å²) in [6.07, 6.45) is 7.48. The van der Waals surface area contributed by atoms with E-state index in [1.54, 1.807) is 6.20 Å². The molecule has 0 saturated carbocycles. The minimum atomic E-state index is -0.147. The van der Waals surface area contributed by atoms with Crippen LogP contribution in [0.2, 0.25) is 0 Å². The first kappa shape index (κ1) is 17.0. The number of carbonyl (C=O) groups is 1. The molecule has 0 aliphatic carbocycles. The molecule has 0 spiro atoms. The first-order valence-electron chi connectivity index (χ1n) is 8.45. The Labute approximate surface area is 148 Å². The van der Waals surface area contributed by atoms with Gasteiger partial charge >= 0.3 is 0 Å². The van der Waals surface area contributed by atoms with Crippen LogP contribution in [0, 0.1) is 0 Å². The van der Waals surface area contributed by atoms with Crippen LogP contribution in [0.25, 0.3) is 0 Å². The molecule has 0 unspecified atom stereocenters. The number of aromatic nitrogens is 3. The molecule has 25 heavy (non-hydrogen) atoms. The van der Waals surface area contributed by atoms with Gasteiger partial charge in [-0.15, -0.1) is 0 Å². The summed E-state index contributed by atoms with van der Waals surface area (Å²) in [5, 5.41) is 7.40. The summed E-state index contributed by atoms with van der Waals surface area (Å²) in [6.45, 7) is 6.92. The van der Waals surface area contributed by atoms with E-state index in [-0.39, 0.29) is 17.5 Å². The van der Waals surface area contributed by atoms with E-state index in [2.05, 4.69) is 31.2 Å². The Morgan fingerprint density at radius 2 is 1.88 bits per heavy atom. The van der Waals surface area contributed by atoms with E-state index in [0.717, 1.165) is 5.56 Å². The van der Waals surface area contributed by atoms with Crippen molar-refractivity contribution in [2.24, 2.45) is 0 Å². The molecule has 3 aromatic rings. The molecular weight excluding hydrogens is 312 g/mol. The van der Waals surface area contributed by atoms with Crippen LogP contribution >= 0.6 is 0 Å². The fourth-order valence-corrected chi connectivity index (χ4v) is 2.70. The Bertz CT molecular complexity index is 813. The summed E-state index contributed by atoms with van der Waals surface area (Å²) in [5.74, 6) is -0.0796. The van der Waals surface area contributed by atoms with Crippen molar-refractivity contribution < 1.29 is 4.79 Å². The van der Waals surface area contributed by atoms with Gasteiger partial charge in [0.25, 0.3) is 5.91 Å². The van der Waals surface area contributed by atoms with Crippen molar-refractivity contribution in [1.82, 2.24) is 19.7 Å². The molecule has 5 heteroatoms. The molecule has 5 nitrogen and oxygen atoms in total. The number of carbonyl (C=O) groups excluding carboxylic acids is 1. The van der Waals surface area contributed by atoms with Gasteiger partial charge < -0.3 is 9.88 Å². The smallest absolute Gasteiger partial charge is 0.253 e. The van der Waals surface area contributed by atoms with Gasteiger partial charge in [0.2, 0.25) is 0 Å². The number of nitrogens with zero attached hydrogens (tertiary/aromatic N) is 3. The molecule has 1 N–H and O–H groups in total. The summed E-state index contributed by atoms with van der Waals surface area (Å²) in [4.78, 5) is 12.7. The van der Waals surface area contributed by atoms with E-state index >= 15 is 0 Å². The third-order valence-corrected chi connectivity index (χ3v) is 4.17. The topological polar surface area (TPSA) is 51.9 Å². The minimum Gasteiger partial charge on any atom is -0.348 e. The zero-order valence-electron chi connectivity index (χ0n) is 14.9. The molecular formula is C20H24N4O. The lowest BCUT2D eigenvalue weighted by Gasteiger charge is -2.21. The Balaban J connectivity index is 1.80. The van der Waals surface area contributed by atoms with Crippen LogP contribution in [-0.2, 0) is 12.1 Å². The summed E-state index contributed by atoms with van der Waals surface area (Å²) < 4.78 is 3.88. The van der Waals surface area contributed by atoms with E-state index in [4.69, 9.17) is 0 Å². The van der Waals surface area contributed by atoms with Crippen molar-refractivity contribution in [2.45, 2.75) is 38.9 Å². The highest BCUT2D eigenvalue weighted by atomic mass is 16.1. The molecule has 0 saturated heterocycles. The maximum absolute atomic E-state index is 12.7. The number of hydrogen-bond donors (Lipinski definition) is 1. The summed E-state index contributed by atoms with van der Waals surface area (Å²) in [7, 11) is 0. The second kappa shape index (κ2) is 6.97. The van der Waals surface area contributed by atoms with Crippen LogP contribution in [-0.4, -0.2) is 20.3 Å². The molecule has 0 bridgehead atoms. The SMILES string of the molecule is CC(C)(C)n1ccc(C(=O)N[C@@H](Cn2cccn2)c2ccccc2)c1. The first-order valence-corrected chi connectivity index (χ1v) is 8.45. The summed E-state index contributed by atoms with van der Waals surface area (Å²) >= 11 is 0. The van der Waals surface area contributed by atoms with Crippen molar-refractivity contribution in [3.05, 3.63) is 78.4 Å². The van der Waals surface area contributed by atoms with Gasteiger partial charge in [-0.25, -0.2) is 0 Å². The molecule has 130 valence electrons. The quantitative estimate of drug-likeness (QED) is 0.774. The van der Waals surface area contributed by atoms with Gasteiger partial charge in [0.15, 0.2) is 0 Å². The Hall–Kier alpha value is -2.82. The number of nitrogens with one attached hydrogen (secondary N) is 1. The predicted octanol–water partition coefficient (Wildman–Crippen LogP) is 3.61. The third-order valence-electron chi connectivity index (χ3n) is 4.17. The second-order valence-corrected chi connectivity index (χ2v) is 7.14. The van der Waals surface area contributed by atoms with Crippen molar-refractivity contribution >= 4 is 5.91 Å². The van der Waals surface area contributed by atoms with E-state index in [0.29, 0.717) is 12.1 Å². The molecule has 0 radical (unpaired) electrons. The maximum atomic E-state index is 12.7. The van der Waals surface area contributed by atoms with Gasteiger partial charge in [0.1, 0.15) is 0 Å². The fraction of sp³-hybridized carbons (Fsp3) is 0.300. The monoisotopic (exact) mass is 336 g/mol. The van der Waals surface area contributed by atoms with Gasteiger partial charge in [-0.1, -0.05) is 30.3 Å². The normalized spacial score (nSPS) is 12.8. The molecule has 1 atom stereocenters. The van der Waals surface area contributed by atoms with Crippen molar-refractivity contribution in [3.8, 4) is 0 Å². The van der Waals surface area contributed by atoms with Crippen LogP contribution < -0.4 is 5.32 Å². The van der Waals surface area contributed by atoms with Crippen molar-refractivity contribution in [1.29, 1.82) is 0 Å². The lowest BCUT2D eigenvalue weighted by Crippen LogP contribution is -2.31. The fourth-order valence-electron chi connectivity index (χ4n) is 2.70. The zero-order chi connectivity index (χ0) is 17.9. The molecule has 1 amide bonds. The molecule has 3 rings (SSSR count). The Morgan fingerprint density at radius 1 is 1.12 bits per heavy atom. The highest BCUT2D eigenvalue weighted by Gasteiger charge is 2.19. The van der Waals surface area contributed by atoms with Gasteiger partial charge in [-0.2, -0.15) is 5.10 Å². The van der Waals surface area contributed by atoms with Gasteiger partial charge in [-0.3, -0.25) is 9.48 Å². The maximum Gasteiger partial charge on any atom is 0.253 e. The number of benzene rings is 1. The van der Waals surface area contributed by atoms with Gasteiger partial charge in [0.05, 0.1) is 18.2 Å². The van der Waals surface area contributed by atoms with E-state index in [9.17, 15) is 4.79 Å². The number of hydrogen-bond acceptors (Lipinski definition) is 2. The largest absolute Gasteiger partial charge is 0.348 e. The highest BCUT2D eigenvalue weighted by molar-refractivity contribution is 5.94. The lowest BCUT2D eigenvalue weighted by molar-refractivity contribution is 0.0931. The Morgan fingerprint density at radius 3 is 2.48 bits per heavy atom. The van der Waals surface area contributed by atoms with Crippen molar-refractivity contribution in [2.75, 3.05) is 0 Å². The van der Waals surface area contributed by atoms with Gasteiger partial charge in [-0.05, 0) is 38.5 Å². The average Bonchev–Trinajstić information content (AvgIpc) is 3.26. The highest BCUT2D eigenvalue weighted by Crippen LogP contribution is 2.18. The molecule has 0 aliphatic heterocycles. The molecule has 1 aromatic carbocycles. The molecule has 2 aromatic heterocycles.